The molecule has 1 aliphatic rings. The minimum Gasteiger partial charge on any atom is -0.286 e. The fourth-order valence-electron chi connectivity index (χ4n) is 3.35. The van der Waals surface area contributed by atoms with Gasteiger partial charge in [0.2, 0.25) is 0 Å². The van der Waals surface area contributed by atoms with E-state index in [1.807, 2.05) is 60.7 Å². The highest BCUT2D eigenvalue weighted by atomic mass is 32.2. The van der Waals surface area contributed by atoms with Crippen LogP contribution in [0.5, 0.6) is 0 Å². The number of carbonyl (C=O) groups excluding carboxylic acids is 1. The third-order valence-electron chi connectivity index (χ3n) is 5.06. The van der Waals surface area contributed by atoms with Crippen LogP contribution in [0.3, 0.4) is 0 Å². The SMILES string of the molecule is Cc1ccc(/C=C2/SC(=Nc3ccccc3)N(CCc3ccccc3)C2=O)cc1[N+](=O)[O-]. The van der Waals surface area contributed by atoms with Crippen LogP contribution < -0.4 is 0 Å². The quantitative estimate of drug-likeness (QED) is 0.276. The number of benzene rings is 3. The monoisotopic (exact) mass is 443 g/mol. The lowest BCUT2D eigenvalue weighted by molar-refractivity contribution is -0.385. The molecule has 1 saturated heterocycles. The zero-order chi connectivity index (χ0) is 22.5. The van der Waals surface area contributed by atoms with Crippen LogP contribution in [0.15, 0.2) is 88.8 Å². The van der Waals surface area contributed by atoms with Gasteiger partial charge >= 0.3 is 0 Å². The molecule has 1 heterocycles. The van der Waals surface area contributed by atoms with Crippen LogP contribution in [0, 0.1) is 17.0 Å². The summed E-state index contributed by atoms with van der Waals surface area (Å²) >= 11 is 1.29. The smallest absolute Gasteiger partial charge is 0.272 e. The Balaban J connectivity index is 1.65. The van der Waals surface area contributed by atoms with E-state index in [9.17, 15) is 14.9 Å². The first-order valence-electron chi connectivity index (χ1n) is 10.2. The van der Waals surface area contributed by atoms with Crippen LogP contribution in [-0.2, 0) is 11.2 Å². The molecule has 0 saturated carbocycles. The Morgan fingerprint density at radius 3 is 2.41 bits per heavy atom. The molecule has 1 fully saturated rings. The highest BCUT2D eigenvalue weighted by Crippen LogP contribution is 2.35. The Bertz CT molecular complexity index is 1210. The number of hydrogen-bond acceptors (Lipinski definition) is 5. The van der Waals surface area contributed by atoms with E-state index >= 15 is 0 Å². The zero-order valence-electron chi connectivity index (χ0n) is 17.5. The molecule has 0 radical (unpaired) electrons. The summed E-state index contributed by atoms with van der Waals surface area (Å²) in [4.78, 5) is 31.0. The van der Waals surface area contributed by atoms with Gasteiger partial charge < -0.3 is 0 Å². The Morgan fingerprint density at radius 2 is 1.72 bits per heavy atom. The number of aliphatic imine (C=N–C) groups is 1. The minimum atomic E-state index is -0.407. The van der Waals surface area contributed by atoms with E-state index in [1.54, 1.807) is 30.0 Å². The van der Waals surface area contributed by atoms with Gasteiger partial charge in [0.05, 0.1) is 15.5 Å². The van der Waals surface area contributed by atoms with Crippen LogP contribution in [-0.4, -0.2) is 27.4 Å². The van der Waals surface area contributed by atoms with Gasteiger partial charge in [-0.25, -0.2) is 4.99 Å². The maximum atomic E-state index is 13.2. The molecule has 0 atom stereocenters. The molecule has 32 heavy (non-hydrogen) atoms. The van der Waals surface area contributed by atoms with Crippen molar-refractivity contribution in [1.29, 1.82) is 0 Å². The van der Waals surface area contributed by atoms with Gasteiger partial charge in [0.25, 0.3) is 11.6 Å². The normalized spacial score (nSPS) is 16.2. The fourth-order valence-corrected chi connectivity index (χ4v) is 4.38. The van der Waals surface area contributed by atoms with Crippen molar-refractivity contribution >= 4 is 40.3 Å². The van der Waals surface area contributed by atoms with Crippen molar-refractivity contribution in [3.8, 4) is 0 Å². The van der Waals surface area contributed by atoms with Crippen molar-refractivity contribution in [3.05, 3.63) is 111 Å². The van der Waals surface area contributed by atoms with Gasteiger partial charge in [-0.15, -0.1) is 0 Å². The number of rotatable bonds is 6. The molecule has 7 heteroatoms. The summed E-state index contributed by atoms with van der Waals surface area (Å²) in [6.07, 6.45) is 2.40. The van der Waals surface area contributed by atoms with E-state index in [1.165, 1.54) is 17.8 Å². The average molecular weight is 444 g/mol. The van der Waals surface area contributed by atoms with Crippen molar-refractivity contribution in [2.24, 2.45) is 4.99 Å². The summed E-state index contributed by atoms with van der Waals surface area (Å²) in [7, 11) is 0. The second-order valence-corrected chi connectivity index (χ2v) is 8.35. The molecule has 0 N–H and O–H groups in total. The van der Waals surface area contributed by atoms with E-state index in [-0.39, 0.29) is 11.6 Å². The van der Waals surface area contributed by atoms with E-state index in [0.29, 0.717) is 34.2 Å². The van der Waals surface area contributed by atoms with Gasteiger partial charge in [-0.3, -0.25) is 19.8 Å². The summed E-state index contributed by atoms with van der Waals surface area (Å²) in [6, 6.07) is 24.4. The maximum absolute atomic E-state index is 13.2. The molecule has 0 bridgehead atoms. The predicted octanol–water partition coefficient (Wildman–Crippen LogP) is 5.75. The van der Waals surface area contributed by atoms with Crippen molar-refractivity contribution in [2.45, 2.75) is 13.3 Å². The van der Waals surface area contributed by atoms with Gasteiger partial charge in [-0.05, 0) is 54.4 Å². The predicted molar refractivity (Wildman–Crippen MR) is 129 cm³/mol. The Morgan fingerprint density at radius 1 is 1.03 bits per heavy atom. The number of aryl methyl sites for hydroxylation is 1. The van der Waals surface area contributed by atoms with Gasteiger partial charge in [0.15, 0.2) is 5.17 Å². The second kappa shape index (κ2) is 9.62. The van der Waals surface area contributed by atoms with Crippen LogP contribution in [0.4, 0.5) is 11.4 Å². The lowest BCUT2D eigenvalue weighted by Crippen LogP contribution is -2.31. The lowest BCUT2D eigenvalue weighted by Gasteiger charge is -2.15. The Kier molecular flexibility index (Phi) is 6.47. The summed E-state index contributed by atoms with van der Waals surface area (Å²) in [5.74, 6) is -0.149. The Hall–Kier alpha value is -3.71. The number of nitrogens with zero attached hydrogens (tertiary/aromatic N) is 3. The zero-order valence-corrected chi connectivity index (χ0v) is 18.3. The van der Waals surface area contributed by atoms with Crippen molar-refractivity contribution in [3.63, 3.8) is 0 Å². The number of hydrogen-bond donors (Lipinski definition) is 0. The number of amidine groups is 1. The fraction of sp³-hybridized carbons (Fsp3) is 0.120. The number of thioether (sulfide) groups is 1. The first-order valence-corrected chi connectivity index (χ1v) is 11.0. The summed E-state index contributed by atoms with van der Waals surface area (Å²) in [6.45, 7) is 2.19. The first kappa shape index (κ1) is 21.5. The van der Waals surface area contributed by atoms with E-state index in [0.717, 1.165) is 11.3 Å². The van der Waals surface area contributed by atoms with E-state index in [2.05, 4.69) is 4.99 Å². The molecule has 0 unspecified atom stereocenters. The highest BCUT2D eigenvalue weighted by Gasteiger charge is 2.33. The van der Waals surface area contributed by atoms with Gasteiger partial charge in [0, 0.05) is 18.2 Å². The van der Waals surface area contributed by atoms with Crippen molar-refractivity contribution in [2.75, 3.05) is 6.54 Å². The molecular formula is C25H21N3O3S. The van der Waals surface area contributed by atoms with Crippen molar-refractivity contribution < 1.29 is 9.72 Å². The summed E-state index contributed by atoms with van der Waals surface area (Å²) < 4.78 is 0. The van der Waals surface area contributed by atoms with Crippen LogP contribution in [0.25, 0.3) is 6.08 Å². The number of carbonyl (C=O) groups is 1. The molecule has 1 amide bonds. The molecule has 160 valence electrons. The van der Waals surface area contributed by atoms with E-state index in [4.69, 9.17) is 0 Å². The molecule has 6 nitrogen and oxygen atoms in total. The minimum absolute atomic E-state index is 0.0360. The molecular weight excluding hydrogens is 422 g/mol. The molecule has 0 aromatic heterocycles. The summed E-state index contributed by atoms with van der Waals surface area (Å²) in [5.41, 5.74) is 3.13. The van der Waals surface area contributed by atoms with Gasteiger partial charge in [0.1, 0.15) is 0 Å². The molecule has 1 aliphatic heterocycles. The number of para-hydroxylation sites is 1. The van der Waals surface area contributed by atoms with Gasteiger partial charge in [-0.2, -0.15) is 0 Å². The number of amides is 1. The third kappa shape index (κ3) is 4.95. The second-order valence-electron chi connectivity index (χ2n) is 7.34. The van der Waals surface area contributed by atoms with Crippen LogP contribution >= 0.6 is 11.8 Å². The van der Waals surface area contributed by atoms with Gasteiger partial charge in [-0.1, -0.05) is 60.7 Å². The standard InChI is InChI=1S/C25H21N3O3S/c1-18-12-13-20(16-22(18)28(30)31)17-23-24(29)27(15-14-19-8-4-2-5-9-19)25(32-23)26-21-10-6-3-7-11-21/h2-13,16-17H,14-15H2,1H3/b23-17+,26-25?. The largest absolute Gasteiger partial charge is 0.286 e. The topological polar surface area (TPSA) is 75.8 Å². The molecule has 4 rings (SSSR count). The maximum Gasteiger partial charge on any atom is 0.272 e. The first-order chi connectivity index (χ1) is 15.5. The highest BCUT2D eigenvalue weighted by molar-refractivity contribution is 8.18. The van der Waals surface area contributed by atoms with Crippen LogP contribution in [0.2, 0.25) is 0 Å². The average Bonchev–Trinajstić information content (AvgIpc) is 3.08. The third-order valence-corrected chi connectivity index (χ3v) is 6.07. The lowest BCUT2D eigenvalue weighted by atomic mass is 10.1. The Labute approximate surface area is 190 Å². The molecule has 3 aromatic carbocycles. The summed E-state index contributed by atoms with van der Waals surface area (Å²) in [5, 5.41) is 11.9. The number of nitro benzene ring substituents is 1. The van der Waals surface area contributed by atoms with Crippen LogP contribution in [0.1, 0.15) is 16.7 Å². The molecule has 3 aromatic rings. The number of nitro groups is 1. The van der Waals surface area contributed by atoms with Crippen molar-refractivity contribution in [1.82, 2.24) is 4.90 Å². The molecule has 0 spiro atoms. The van der Waals surface area contributed by atoms with E-state index < -0.39 is 4.92 Å². The molecule has 0 aliphatic carbocycles.